The summed E-state index contributed by atoms with van der Waals surface area (Å²) >= 11 is 3.62. The van der Waals surface area contributed by atoms with E-state index >= 15 is 0 Å². The number of pyridine rings is 1. The van der Waals surface area contributed by atoms with Gasteiger partial charge in [0, 0.05) is 21.9 Å². The van der Waals surface area contributed by atoms with E-state index in [1.165, 1.54) is 9.75 Å². The Labute approximate surface area is 133 Å². The Balaban J connectivity index is 1.85. The molecule has 0 amide bonds. The fraction of sp³-hybridized carbons (Fsp3) is 0.235. The van der Waals surface area contributed by atoms with E-state index in [0.717, 1.165) is 23.5 Å². The molecule has 0 spiro atoms. The third-order valence-electron chi connectivity index (χ3n) is 3.43. The Bertz CT molecular complexity index is 688. The van der Waals surface area contributed by atoms with E-state index in [0.29, 0.717) is 6.04 Å². The highest BCUT2D eigenvalue weighted by Gasteiger charge is 2.15. The Morgan fingerprint density at radius 1 is 1.05 bits per heavy atom. The third kappa shape index (κ3) is 3.52. The molecular weight excluding hydrogens is 296 g/mol. The number of nitrogens with one attached hydrogen (secondary N) is 1. The van der Waals surface area contributed by atoms with Crippen LogP contribution >= 0.6 is 22.7 Å². The Morgan fingerprint density at radius 3 is 2.52 bits per heavy atom. The van der Waals surface area contributed by atoms with Crippen LogP contribution < -0.4 is 5.32 Å². The number of hydrogen-bond acceptors (Lipinski definition) is 4. The minimum atomic E-state index is 0.298. The maximum atomic E-state index is 4.55. The van der Waals surface area contributed by atoms with E-state index < -0.39 is 0 Å². The first-order valence-electron chi connectivity index (χ1n) is 6.99. The summed E-state index contributed by atoms with van der Waals surface area (Å²) in [7, 11) is 0. The first kappa shape index (κ1) is 14.3. The van der Waals surface area contributed by atoms with Crippen molar-refractivity contribution >= 4 is 28.4 Å². The van der Waals surface area contributed by atoms with Crippen molar-refractivity contribution in [2.75, 3.05) is 5.32 Å². The van der Waals surface area contributed by atoms with Crippen LogP contribution in [0.1, 0.15) is 27.2 Å². The lowest BCUT2D eigenvalue weighted by Gasteiger charge is -2.19. The number of thiophene rings is 2. The van der Waals surface area contributed by atoms with Crippen LogP contribution in [0, 0.1) is 13.8 Å². The average molecular weight is 314 g/mol. The van der Waals surface area contributed by atoms with Gasteiger partial charge in [0.2, 0.25) is 0 Å². The minimum Gasteiger partial charge on any atom is -0.376 e. The number of hydrogen-bond donors (Lipinski definition) is 1. The van der Waals surface area contributed by atoms with Crippen LogP contribution in [0.15, 0.2) is 47.2 Å². The average Bonchev–Trinajstić information content (AvgIpc) is 3.13. The Kier molecular flexibility index (Phi) is 4.36. The molecule has 0 bridgehead atoms. The predicted molar refractivity (Wildman–Crippen MR) is 92.4 cm³/mol. The maximum Gasteiger partial charge on any atom is 0.0655 e. The van der Waals surface area contributed by atoms with Gasteiger partial charge in [-0.05, 0) is 48.9 Å². The molecule has 4 heteroatoms. The van der Waals surface area contributed by atoms with Crippen LogP contribution in [-0.4, -0.2) is 4.98 Å². The molecule has 0 saturated heterocycles. The van der Waals surface area contributed by atoms with Crippen LogP contribution in [0.5, 0.6) is 0 Å². The molecule has 0 radical (unpaired) electrons. The van der Waals surface area contributed by atoms with E-state index in [2.05, 4.69) is 64.4 Å². The van der Waals surface area contributed by atoms with Gasteiger partial charge in [0.1, 0.15) is 0 Å². The van der Waals surface area contributed by atoms with Crippen molar-refractivity contribution in [3.05, 3.63) is 68.3 Å². The molecule has 0 aliphatic heterocycles. The molecule has 0 fully saturated rings. The van der Waals surface area contributed by atoms with E-state index in [4.69, 9.17) is 0 Å². The van der Waals surface area contributed by atoms with Gasteiger partial charge >= 0.3 is 0 Å². The van der Waals surface area contributed by atoms with Crippen LogP contribution in [0.4, 0.5) is 5.69 Å². The number of anilines is 1. The minimum absolute atomic E-state index is 0.298. The summed E-state index contributed by atoms with van der Waals surface area (Å²) in [4.78, 5) is 7.31. The van der Waals surface area contributed by atoms with Gasteiger partial charge in [-0.15, -0.1) is 22.7 Å². The van der Waals surface area contributed by atoms with E-state index in [-0.39, 0.29) is 0 Å². The van der Waals surface area contributed by atoms with Crippen molar-refractivity contribution < 1.29 is 0 Å². The number of nitrogens with zero attached hydrogens (tertiary/aromatic N) is 1. The van der Waals surface area contributed by atoms with Gasteiger partial charge in [0.25, 0.3) is 0 Å². The van der Waals surface area contributed by atoms with Crippen LogP contribution in [0.2, 0.25) is 0 Å². The summed E-state index contributed by atoms with van der Waals surface area (Å²) in [5, 5.41) is 7.95. The largest absolute Gasteiger partial charge is 0.376 e. The maximum absolute atomic E-state index is 4.55. The zero-order valence-corrected chi connectivity index (χ0v) is 13.8. The molecule has 2 nitrogen and oxygen atoms in total. The summed E-state index contributed by atoms with van der Waals surface area (Å²) in [6.45, 7) is 4.09. The fourth-order valence-corrected chi connectivity index (χ4v) is 3.90. The molecule has 0 saturated carbocycles. The number of aromatic nitrogens is 1. The number of aryl methyl sites for hydroxylation is 2. The molecule has 108 valence electrons. The lowest BCUT2D eigenvalue weighted by Crippen LogP contribution is -2.13. The highest BCUT2D eigenvalue weighted by Crippen LogP contribution is 2.29. The monoisotopic (exact) mass is 314 g/mol. The Morgan fingerprint density at radius 2 is 1.86 bits per heavy atom. The van der Waals surface area contributed by atoms with E-state index in [1.807, 2.05) is 18.3 Å². The van der Waals surface area contributed by atoms with Gasteiger partial charge in [-0.1, -0.05) is 12.1 Å². The molecule has 1 N–H and O–H groups in total. The fourth-order valence-electron chi connectivity index (χ4n) is 2.37. The second-order valence-corrected chi connectivity index (χ2v) is 7.09. The summed E-state index contributed by atoms with van der Waals surface area (Å²) < 4.78 is 0. The molecule has 3 rings (SSSR count). The van der Waals surface area contributed by atoms with E-state index in [1.54, 1.807) is 11.3 Å². The normalized spacial score (nSPS) is 12.3. The van der Waals surface area contributed by atoms with Gasteiger partial charge in [-0.2, -0.15) is 0 Å². The summed E-state index contributed by atoms with van der Waals surface area (Å²) in [5.74, 6) is 0. The molecule has 3 aromatic heterocycles. The van der Waals surface area contributed by atoms with Gasteiger partial charge < -0.3 is 5.32 Å². The zero-order valence-electron chi connectivity index (χ0n) is 12.2. The molecule has 21 heavy (non-hydrogen) atoms. The van der Waals surface area contributed by atoms with Crippen molar-refractivity contribution in [1.82, 2.24) is 4.98 Å². The second-order valence-electron chi connectivity index (χ2n) is 5.08. The Hall–Kier alpha value is -1.65. The summed E-state index contributed by atoms with van der Waals surface area (Å²) in [5.41, 5.74) is 3.24. The van der Waals surface area contributed by atoms with Crippen LogP contribution in [0.25, 0.3) is 0 Å². The molecule has 0 aliphatic carbocycles. The highest BCUT2D eigenvalue weighted by molar-refractivity contribution is 7.10. The lowest BCUT2D eigenvalue weighted by molar-refractivity contribution is 0.798. The van der Waals surface area contributed by atoms with Crippen LogP contribution in [0.3, 0.4) is 0 Å². The first-order valence-corrected chi connectivity index (χ1v) is 8.75. The number of rotatable bonds is 5. The highest BCUT2D eigenvalue weighted by atomic mass is 32.1. The van der Waals surface area contributed by atoms with Crippen molar-refractivity contribution in [3.63, 3.8) is 0 Å². The first-order chi connectivity index (χ1) is 10.2. The topological polar surface area (TPSA) is 24.9 Å². The molecule has 0 aliphatic rings. The van der Waals surface area contributed by atoms with Gasteiger partial charge in [0.05, 0.1) is 17.4 Å². The van der Waals surface area contributed by atoms with Gasteiger partial charge in [-0.25, -0.2) is 0 Å². The molecule has 0 aromatic carbocycles. The van der Waals surface area contributed by atoms with Crippen molar-refractivity contribution in [1.29, 1.82) is 0 Å². The van der Waals surface area contributed by atoms with Crippen LogP contribution in [-0.2, 0) is 6.42 Å². The molecular formula is C17H18N2S2. The smallest absolute Gasteiger partial charge is 0.0655 e. The van der Waals surface area contributed by atoms with Crippen molar-refractivity contribution in [2.45, 2.75) is 26.3 Å². The SMILES string of the molecule is Cc1ccc(NC(Cc2cccs2)c2cccs2)c(C)n1. The quantitative estimate of drug-likeness (QED) is 0.698. The third-order valence-corrected chi connectivity index (χ3v) is 5.31. The van der Waals surface area contributed by atoms with Gasteiger partial charge in [0.15, 0.2) is 0 Å². The predicted octanol–water partition coefficient (Wildman–Crippen LogP) is 5.22. The van der Waals surface area contributed by atoms with Gasteiger partial charge in [-0.3, -0.25) is 4.98 Å². The second kappa shape index (κ2) is 6.41. The molecule has 1 atom stereocenters. The van der Waals surface area contributed by atoms with Crippen molar-refractivity contribution in [3.8, 4) is 0 Å². The summed E-state index contributed by atoms with van der Waals surface area (Å²) in [6, 6.07) is 13.1. The van der Waals surface area contributed by atoms with E-state index in [9.17, 15) is 0 Å². The lowest BCUT2D eigenvalue weighted by atomic mass is 10.1. The standard InChI is InChI=1S/C17H18N2S2/c1-12-7-8-15(13(2)18-12)19-16(17-6-4-10-21-17)11-14-5-3-9-20-14/h3-10,16,19H,11H2,1-2H3. The molecule has 1 unspecified atom stereocenters. The van der Waals surface area contributed by atoms with Crippen molar-refractivity contribution in [2.24, 2.45) is 0 Å². The molecule has 3 heterocycles. The zero-order chi connectivity index (χ0) is 14.7. The molecule has 3 aromatic rings. The summed E-state index contributed by atoms with van der Waals surface area (Å²) in [6.07, 6.45) is 1.01.